The molecule has 0 fully saturated rings. The predicted molar refractivity (Wildman–Crippen MR) is 76.8 cm³/mol. The van der Waals surface area contributed by atoms with Crippen LogP contribution in [0.2, 0.25) is 0 Å². The molecule has 0 radical (unpaired) electrons. The number of hydrogen-bond acceptors (Lipinski definition) is 3. The summed E-state index contributed by atoms with van der Waals surface area (Å²) in [6.45, 7) is 6.22. The highest BCUT2D eigenvalue weighted by Gasteiger charge is 2.19. The average molecular weight is 264 g/mol. The molecule has 1 aromatic carbocycles. The topological polar surface area (TPSA) is 75.4 Å². The first kappa shape index (κ1) is 15.5. The normalized spacial score (nSPS) is 14.2. The Labute approximate surface area is 115 Å². The smallest absolute Gasteiger partial charge is 0.237 e. The van der Waals surface area contributed by atoms with Crippen molar-refractivity contribution in [2.45, 2.75) is 45.7 Å². The number of carbonyl (C=O) groups excluding carboxylic acids is 1. The van der Waals surface area contributed by atoms with Gasteiger partial charge in [-0.1, -0.05) is 32.9 Å². The maximum Gasteiger partial charge on any atom is 0.237 e. The second-order valence-corrected chi connectivity index (χ2v) is 5.24. The van der Waals surface area contributed by atoms with E-state index in [-0.39, 0.29) is 17.7 Å². The van der Waals surface area contributed by atoms with Gasteiger partial charge in [-0.2, -0.15) is 0 Å². The van der Waals surface area contributed by atoms with E-state index in [1.165, 1.54) is 0 Å². The molecule has 0 saturated heterocycles. The lowest BCUT2D eigenvalue weighted by atomic mass is 10.0. The third-order valence-electron chi connectivity index (χ3n) is 3.30. The molecule has 106 valence electrons. The Morgan fingerprint density at radius 3 is 2.37 bits per heavy atom. The third kappa shape index (κ3) is 4.91. The number of aromatic hydroxyl groups is 1. The number of phenolic OH excluding ortho intramolecular Hbond substituents is 1. The van der Waals surface area contributed by atoms with Gasteiger partial charge in [0.05, 0.1) is 6.04 Å². The number of carbonyl (C=O) groups is 1. The lowest BCUT2D eigenvalue weighted by molar-refractivity contribution is -0.123. The molecule has 1 amide bonds. The molecule has 4 heteroatoms. The van der Waals surface area contributed by atoms with Crippen LogP contribution in [0.25, 0.3) is 0 Å². The zero-order valence-corrected chi connectivity index (χ0v) is 11.9. The average Bonchev–Trinajstić information content (AvgIpc) is 2.37. The molecule has 0 heterocycles. The summed E-state index contributed by atoms with van der Waals surface area (Å²) in [6, 6.07) is 6.37. The lowest BCUT2D eigenvalue weighted by Gasteiger charge is -2.23. The zero-order chi connectivity index (χ0) is 14.4. The van der Waals surface area contributed by atoms with E-state index in [0.717, 1.165) is 12.0 Å². The predicted octanol–water partition coefficient (Wildman–Crippen LogP) is 1.81. The van der Waals surface area contributed by atoms with Crippen LogP contribution in [-0.4, -0.2) is 23.1 Å². The molecule has 2 atom stereocenters. The third-order valence-corrected chi connectivity index (χ3v) is 3.30. The van der Waals surface area contributed by atoms with Crippen molar-refractivity contribution >= 4 is 5.91 Å². The number of nitrogens with one attached hydrogen (secondary N) is 1. The van der Waals surface area contributed by atoms with E-state index in [1.807, 2.05) is 0 Å². The maximum atomic E-state index is 12.0. The highest BCUT2D eigenvalue weighted by atomic mass is 16.3. The van der Waals surface area contributed by atoms with E-state index in [0.29, 0.717) is 12.3 Å². The molecule has 4 nitrogen and oxygen atoms in total. The quantitative estimate of drug-likeness (QED) is 0.733. The van der Waals surface area contributed by atoms with Crippen LogP contribution >= 0.6 is 0 Å². The fourth-order valence-electron chi connectivity index (χ4n) is 2.01. The highest BCUT2D eigenvalue weighted by Crippen LogP contribution is 2.11. The lowest BCUT2D eigenvalue weighted by Crippen LogP contribution is -2.47. The van der Waals surface area contributed by atoms with Crippen molar-refractivity contribution in [3.63, 3.8) is 0 Å². The molecular formula is C15H24N2O2. The number of benzene rings is 1. The van der Waals surface area contributed by atoms with E-state index < -0.39 is 6.04 Å². The summed E-state index contributed by atoms with van der Waals surface area (Å²) in [6.07, 6.45) is 1.37. The maximum absolute atomic E-state index is 12.0. The number of phenols is 1. The minimum absolute atomic E-state index is 0.117. The molecule has 1 rings (SSSR count). The Balaban J connectivity index is 2.55. The number of amides is 1. The molecule has 19 heavy (non-hydrogen) atoms. The summed E-state index contributed by atoms with van der Waals surface area (Å²) in [4.78, 5) is 12.0. The summed E-state index contributed by atoms with van der Waals surface area (Å²) in [7, 11) is 0. The van der Waals surface area contributed by atoms with Crippen molar-refractivity contribution in [2.24, 2.45) is 11.7 Å². The molecular weight excluding hydrogens is 240 g/mol. The van der Waals surface area contributed by atoms with Gasteiger partial charge in [-0.25, -0.2) is 0 Å². The molecule has 0 saturated carbocycles. The fourth-order valence-corrected chi connectivity index (χ4v) is 2.01. The van der Waals surface area contributed by atoms with Gasteiger partial charge in [-0.05, 0) is 36.5 Å². The van der Waals surface area contributed by atoms with Gasteiger partial charge in [-0.3, -0.25) is 4.79 Å². The zero-order valence-electron chi connectivity index (χ0n) is 11.9. The summed E-state index contributed by atoms with van der Waals surface area (Å²) in [5, 5.41) is 12.2. The van der Waals surface area contributed by atoms with E-state index in [2.05, 4.69) is 26.1 Å². The summed E-state index contributed by atoms with van der Waals surface area (Å²) in [5.74, 6) is 0.496. The molecule has 0 bridgehead atoms. The Morgan fingerprint density at radius 1 is 1.32 bits per heavy atom. The van der Waals surface area contributed by atoms with Crippen molar-refractivity contribution in [1.82, 2.24) is 5.32 Å². The Bertz CT molecular complexity index is 401. The van der Waals surface area contributed by atoms with E-state index in [9.17, 15) is 9.90 Å². The standard InChI is InChI=1S/C15H24N2O2/c1-4-14(10(2)3)17-15(19)13(16)9-11-5-7-12(18)8-6-11/h5-8,10,13-14,18H,4,9,16H2,1-3H3,(H,17,19). The van der Waals surface area contributed by atoms with Crippen molar-refractivity contribution in [3.05, 3.63) is 29.8 Å². The fraction of sp³-hybridized carbons (Fsp3) is 0.533. The second kappa shape index (κ2) is 7.14. The number of hydrogen-bond donors (Lipinski definition) is 3. The summed E-state index contributed by atoms with van der Waals surface area (Å²) < 4.78 is 0. The summed E-state index contributed by atoms with van der Waals surface area (Å²) in [5.41, 5.74) is 6.86. The van der Waals surface area contributed by atoms with Gasteiger partial charge in [0.2, 0.25) is 5.91 Å². The van der Waals surface area contributed by atoms with Gasteiger partial charge in [0.15, 0.2) is 0 Å². The van der Waals surface area contributed by atoms with Crippen LogP contribution in [0.15, 0.2) is 24.3 Å². The first-order chi connectivity index (χ1) is 8.93. The Hall–Kier alpha value is -1.55. The van der Waals surface area contributed by atoms with Crippen LogP contribution in [0, 0.1) is 5.92 Å². The van der Waals surface area contributed by atoms with Gasteiger partial charge in [-0.15, -0.1) is 0 Å². The van der Waals surface area contributed by atoms with Crippen molar-refractivity contribution in [1.29, 1.82) is 0 Å². The number of rotatable bonds is 6. The van der Waals surface area contributed by atoms with Gasteiger partial charge in [0.25, 0.3) is 0 Å². The van der Waals surface area contributed by atoms with E-state index >= 15 is 0 Å². The van der Waals surface area contributed by atoms with Crippen molar-refractivity contribution in [2.75, 3.05) is 0 Å². The van der Waals surface area contributed by atoms with Crippen molar-refractivity contribution < 1.29 is 9.90 Å². The van der Waals surface area contributed by atoms with Crippen LogP contribution in [0.3, 0.4) is 0 Å². The van der Waals surface area contributed by atoms with Crippen LogP contribution in [0.5, 0.6) is 5.75 Å². The van der Waals surface area contributed by atoms with Gasteiger partial charge < -0.3 is 16.2 Å². The van der Waals surface area contributed by atoms with Crippen molar-refractivity contribution in [3.8, 4) is 5.75 Å². The van der Waals surface area contributed by atoms with Crippen LogP contribution in [0.4, 0.5) is 0 Å². The SMILES string of the molecule is CCC(NC(=O)C(N)Cc1ccc(O)cc1)C(C)C. The summed E-state index contributed by atoms with van der Waals surface area (Å²) >= 11 is 0. The highest BCUT2D eigenvalue weighted by molar-refractivity contribution is 5.82. The molecule has 1 aromatic rings. The molecule has 2 unspecified atom stereocenters. The first-order valence-corrected chi connectivity index (χ1v) is 6.77. The molecule has 0 aromatic heterocycles. The number of nitrogens with two attached hydrogens (primary N) is 1. The molecule has 4 N–H and O–H groups in total. The first-order valence-electron chi connectivity index (χ1n) is 6.77. The second-order valence-electron chi connectivity index (χ2n) is 5.24. The molecule has 0 aliphatic carbocycles. The van der Waals surface area contributed by atoms with Gasteiger partial charge in [0.1, 0.15) is 5.75 Å². The van der Waals surface area contributed by atoms with E-state index in [1.54, 1.807) is 24.3 Å². The van der Waals surface area contributed by atoms with Crippen LogP contribution < -0.4 is 11.1 Å². The molecule has 0 spiro atoms. The Morgan fingerprint density at radius 2 is 1.89 bits per heavy atom. The van der Waals surface area contributed by atoms with E-state index in [4.69, 9.17) is 5.73 Å². The van der Waals surface area contributed by atoms with Crippen LogP contribution in [-0.2, 0) is 11.2 Å². The van der Waals surface area contributed by atoms with Gasteiger partial charge >= 0.3 is 0 Å². The minimum Gasteiger partial charge on any atom is -0.508 e. The molecule has 0 aliphatic heterocycles. The minimum atomic E-state index is -0.558. The molecule has 0 aliphatic rings. The largest absolute Gasteiger partial charge is 0.508 e. The van der Waals surface area contributed by atoms with Gasteiger partial charge in [0, 0.05) is 6.04 Å². The van der Waals surface area contributed by atoms with Crippen LogP contribution in [0.1, 0.15) is 32.8 Å². The Kier molecular flexibility index (Phi) is 5.83. The monoisotopic (exact) mass is 264 g/mol.